The summed E-state index contributed by atoms with van der Waals surface area (Å²) in [5, 5.41) is 28.7. The van der Waals surface area contributed by atoms with Gasteiger partial charge in [0, 0.05) is 58.4 Å². The lowest BCUT2D eigenvalue weighted by Gasteiger charge is -2.62. The largest absolute Gasteiger partial charge is 0.504 e. The SMILES string of the molecule is COc1ccc2[nH]c3c(c2c1)CCN[C@]31CS[C@@H]2c3c(OC(C)=O)c(C)c4c(c3[C@@H](COC1=O)N1C2[C@H]2c3c(cc(C)c(OC)c3O)C[C@H]([C@@H]1O)N2C)OCO4. The number of phenolic OH excluding ortho intramolecular Hbond substituents is 1. The molecule has 0 radical (unpaired) electrons. The summed E-state index contributed by atoms with van der Waals surface area (Å²) >= 11 is 1.53. The second kappa shape index (κ2) is 12.7. The van der Waals surface area contributed by atoms with Crippen LogP contribution in [0.25, 0.3) is 10.9 Å². The van der Waals surface area contributed by atoms with Crippen LogP contribution in [-0.4, -0.2) is 102 Å². The van der Waals surface area contributed by atoms with Crippen LogP contribution in [0.5, 0.6) is 34.5 Å². The predicted molar refractivity (Wildman–Crippen MR) is 205 cm³/mol. The standard InChI is InChI=1S/C41H44N4O10S/c1-17-11-20-12-25-39(48)45-26-14-52-40(49)41(38-22(9-10-42-41)23-13-21(50-5)7-8-24(23)43-38)15-56-37(31(45)30(44(25)4)27(20)32(47)33(17)51-6)29-28(26)36-35(53-16-54-36)18(2)34(29)55-19(3)46/h7-8,11,13,25-26,30-31,37,39,42-43,47-48H,9-10,12,14-16H2,1-6H3/t25-,26-,30-,31?,37-,39+,41-/m1/s1. The Hall–Kier alpha value is -4.67. The molecule has 0 saturated carbocycles. The number of nitrogens with zero attached hydrogens (tertiary/aromatic N) is 2. The number of phenols is 1. The fraction of sp³-hybridized carbons (Fsp3) is 0.463. The third kappa shape index (κ3) is 4.71. The molecule has 4 N–H and O–H groups in total. The second-order valence-corrected chi connectivity index (χ2v) is 16.8. The fourth-order valence-electron chi connectivity index (χ4n) is 10.6. The number of aromatic hydroxyl groups is 1. The van der Waals surface area contributed by atoms with E-state index in [0.29, 0.717) is 59.1 Å². The van der Waals surface area contributed by atoms with Crippen molar-refractivity contribution < 1.29 is 48.2 Å². The lowest BCUT2D eigenvalue weighted by Crippen LogP contribution is -2.70. The van der Waals surface area contributed by atoms with Crippen molar-refractivity contribution in [3.05, 3.63) is 68.9 Å². The van der Waals surface area contributed by atoms with E-state index >= 15 is 0 Å². The molecule has 2 saturated heterocycles. The van der Waals surface area contributed by atoms with E-state index in [9.17, 15) is 19.8 Å². The predicted octanol–water partition coefficient (Wildman–Crippen LogP) is 4.19. The number of hydrogen-bond donors (Lipinski definition) is 4. The molecule has 4 bridgehead atoms. The first-order chi connectivity index (χ1) is 27.0. The van der Waals surface area contributed by atoms with Gasteiger partial charge >= 0.3 is 11.9 Å². The van der Waals surface area contributed by atoms with Gasteiger partial charge in [0.1, 0.15) is 24.3 Å². The van der Waals surface area contributed by atoms with Crippen LogP contribution >= 0.6 is 11.8 Å². The molecular formula is C41H44N4O10S. The van der Waals surface area contributed by atoms with Crippen LogP contribution in [-0.2, 0) is 32.7 Å². The van der Waals surface area contributed by atoms with Gasteiger partial charge in [-0.3, -0.25) is 19.9 Å². The molecular weight excluding hydrogens is 741 g/mol. The van der Waals surface area contributed by atoms with Gasteiger partial charge in [-0.1, -0.05) is 6.07 Å². The van der Waals surface area contributed by atoms with Crippen molar-refractivity contribution in [3.8, 4) is 34.5 Å². The second-order valence-electron chi connectivity index (χ2n) is 15.6. The molecule has 1 aromatic heterocycles. The number of benzene rings is 3. The lowest BCUT2D eigenvalue weighted by atomic mass is 9.73. The highest BCUT2D eigenvalue weighted by Crippen LogP contribution is 2.64. The maximum Gasteiger partial charge on any atom is 0.333 e. The van der Waals surface area contributed by atoms with Crippen LogP contribution in [0.3, 0.4) is 0 Å². The third-order valence-electron chi connectivity index (χ3n) is 12.9. The summed E-state index contributed by atoms with van der Waals surface area (Å²) in [6.45, 7) is 5.46. The first kappa shape index (κ1) is 35.7. The van der Waals surface area contributed by atoms with Crippen molar-refractivity contribution in [1.82, 2.24) is 20.1 Å². The number of ether oxygens (including phenoxy) is 6. The van der Waals surface area contributed by atoms with Gasteiger partial charge in [0.2, 0.25) is 6.79 Å². The van der Waals surface area contributed by atoms with Crippen molar-refractivity contribution in [3.63, 3.8) is 0 Å². The molecule has 294 valence electrons. The number of carbonyl (C=O) groups is 2. The summed E-state index contributed by atoms with van der Waals surface area (Å²) in [6, 6.07) is 5.77. The minimum Gasteiger partial charge on any atom is -0.504 e. The van der Waals surface area contributed by atoms with E-state index < -0.39 is 47.1 Å². The Morgan fingerprint density at radius 3 is 2.62 bits per heavy atom. The Morgan fingerprint density at radius 2 is 1.86 bits per heavy atom. The molecule has 7 aliphatic rings. The molecule has 14 nitrogen and oxygen atoms in total. The summed E-state index contributed by atoms with van der Waals surface area (Å²) in [5.41, 5.74) is 5.79. The van der Waals surface area contributed by atoms with Gasteiger partial charge in [0.15, 0.2) is 28.5 Å². The highest BCUT2D eigenvalue weighted by Gasteiger charge is 2.61. The highest BCUT2D eigenvalue weighted by atomic mass is 32.2. The summed E-state index contributed by atoms with van der Waals surface area (Å²) in [5.74, 6) is 1.73. The van der Waals surface area contributed by atoms with E-state index in [1.807, 2.05) is 50.1 Å². The molecule has 7 aliphatic heterocycles. The van der Waals surface area contributed by atoms with Crippen molar-refractivity contribution >= 4 is 34.6 Å². The topological polar surface area (TPSA) is 164 Å². The van der Waals surface area contributed by atoms with Crippen LogP contribution in [0, 0.1) is 13.8 Å². The number of aromatic amines is 1. The van der Waals surface area contributed by atoms with Crippen LogP contribution in [0.15, 0.2) is 24.3 Å². The Balaban J connectivity index is 1.23. The summed E-state index contributed by atoms with van der Waals surface area (Å²) < 4.78 is 36.2. The van der Waals surface area contributed by atoms with E-state index in [1.165, 1.54) is 18.7 Å². The van der Waals surface area contributed by atoms with Gasteiger partial charge in [-0.05, 0) is 68.6 Å². The molecule has 15 heteroatoms. The Labute approximate surface area is 327 Å². The summed E-state index contributed by atoms with van der Waals surface area (Å²) in [6.07, 6.45) is 0.129. The molecule has 8 heterocycles. The van der Waals surface area contributed by atoms with Crippen LogP contribution < -0.4 is 29.0 Å². The molecule has 4 aromatic rings. The van der Waals surface area contributed by atoms with Crippen molar-refractivity contribution in [2.24, 2.45) is 0 Å². The number of methoxy groups -OCH3 is 2. The third-order valence-corrected chi connectivity index (χ3v) is 14.4. The zero-order chi connectivity index (χ0) is 38.9. The smallest absolute Gasteiger partial charge is 0.333 e. The molecule has 0 aliphatic carbocycles. The number of fused-ring (bicyclic) bond motifs is 11. The minimum absolute atomic E-state index is 0.0439. The van der Waals surface area contributed by atoms with Crippen molar-refractivity contribution in [2.75, 3.05) is 47.0 Å². The molecule has 56 heavy (non-hydrogen) atoms. The monoisotopic (exact) mass is 784 g/mol. The number of aromatic nitrogens is 1. The Bertz CT molecular complexity index is 2360. The van der Waals surface area contributed by atoms with E-state index in [-0.39, 0.29) is 30.9 Å². The van der Waals surface area contributed by atoms with Gasteiger partial charge in [0.05, 0.1) is 43.3 Å². The van der Waals surface area contributed by atoms with Gasteiger partial charge in [-0.2, -0.15) is 0 Å². The van der Waals surface area contributed by atoms with Gasteiger partial charge in [-0.15, -0.1) is 11.8 Å². The van der Waals surface area contributed by atoms with E-state index in [0.717, 1.165) is 44.6 Å². The molecule has 3 aromatic carbocycles. The number of thioether (sulfide) groups is 1. The average molecular weight is 785 g/mol. The summed E-state index contributed by atoms with van der Waals surface area (Å²) in [4.78, 5) is 35.6. The summed E-state index contributed by atoms with van der Waals surface area (Å²) in [7, 11) is 5.17. The Kier molecular flexibility index (Phi) is 8.08. The highest BCUT2D eigenvalue weighted by molar-refractivity contribution is 7.99. The molecule has 11 rings (SSSR count). The molecule has 2 fully saturated rings. The van der Waals surface area contributed by atoms with Crippen molar-refractivity contribution in [2.45, 2.75) is 74.8 Å². The maximum atomic E-state index is 14.9. The average Bonchev–Trinajstić information content (AvgIpc) is 3.82. The number of nitrogens with one attached hydrogen (secondary N) is 2. The van der Waals surface area contributed by atoms with Gasteiger partial charge < -0.3 is 43.6 Å². The number of hydrogen-bond acceptors (Lipinski definition) is 14. The molecule has 1 spiro atoms. The molecule has 7 atom stereocenters. The van der Waals surface area contributed by atoms with E-state index in [2.05, 4.69) is 15.2 Å². The van der Waals surface area contributed by atoms with Crippen LogP contribution in [0.1, 0.15) is 68.9 Å². The molecule has 0 amide bonds. The first-order valence-corrected chi connectivity index (χ1v) is 20.0. The lowest BCUT2D eigenvalue weighted by molar-refractivity contribution is -0.186. The Morgan fingerprint density at radius 1 is 1.05 bits per heavy atom. The number of carbonyl (C=O) groups excluding carboxylic acids is 2. The number of esters is 2. The zero-order valence-electron chi connectivity index (χ0n) is 32.0. The number of piperazine rings is 1. The van der Waals surface area contributed by atoms with Crippen LogP contribution in [0.2, 0.25) is 0 Å². The number of aliphatic hydroxyl groups excluding tert-OH is 1. The normalized spacial score (nSPS) is 28.9. The van der Waals surface area contributed by atoms with Crippen LogP contribution in [0.4, 0.5) is 0 Å². The maximum absolute atomic E-state index is 14.9. The minimum atomic E-state index is -1.28. The number of aryl methyl sites for hydroxylation is 1. The number of likely N-dealkylation sites (N-methyl/N-ethyl adjacent to an activating group) is 1. The molecule has 1 unspecified atom stereocenters. The first-order valence-electron chi connectivity index (χ1n) is 18.9. The zero-order valence-corrected chi connectivity index (χ0v) is 32.8. The number of aliphatic hydroxyl groups is 1. The number of rotatable bonds is 3. The van der Waals surface area contributed by atoms with Gasteiger partial charge in [0.25, 0.3) is 0 Å². The van der Waals surface area contributed by atoms with E-state index in [4.69, 9.17) is 28.4 Å². The quantitative estimate of drug-likeness (QED) is 0.173. The fourth-order valence-corrected chi connectivity index (χ4v) is 12.2. The number of H-pyrrole nitrogens is 1. The van der Waals surface area contributed by atoms with E-state index in [1.54, 1.807) is 14.2 Å². The van der Waals surface area contributed by atoms with Crippen molar-refractivity contribution in [1.29, 1.82) is 0 Å². The van der Waals surface area contributed by atoms with Gasteiger partial charge in [-0.25, -0.2) is 4.79 Å².